The topological polar surface area (TPSA) is 49.3 Å². The van der Waals surface area contributed by atoms with Crippen molar-refractivity contribution in [3.63, 3.8) is 0 Å². The molecule has 1 aliphatic rings. The molecule has 1 aromatic rings. The number of thiophene rings is 1. The van der Waals surface area contributed by atoms with Gasteiger partial charge in [0, 0.05) is 17.5 Å². The fourth-order valence-corrected chi connectivity index (χ4v) is 2.60. The molecule has 0 aliphatic heterocycles. The molecule has 1 saturated carbocycles. The second-order valence-corrected chi connectivity index (χ2v) is 5.70. The molecule has 0 aromatic carbocycles. The molecule has 0 saturated heterocycles. The summed E-state index contributed by atoms with van der Waals surface area (Å²) < 4.78 is 0. The molecule has 16 heavy (non-hydrogen) atoms. The molecule has 1 atom stereocenters. The Morgan fingerprint density at radius 2 is 2.38 bits per heavy atom. The van der Waals surface area contributed by atoms with Crippen molar-refractivity contribution >= 4 is 17.3 Å². The number of carboxylic acid groups (broad SMARTS) is 1. The van der Waals surface area contributed by atoms with Crippen molar-refractivity contribution in [1.29, 1.82) is 0 Å². The average Bonchev–Trinajstić information content (AvgIpc) is 2.91. The van der Waals surface area contributed by atoms with E-state index >= 15 is 0 Å². The Morgan fingerprint density at radius 1 is 1.62 bits per heavy atom. The zero-order valence-electron chi connectivity index (χ0n) is 9.40. The molecule has 1 fully saturated rings. The van der Waals surface area contributed by atoms with Crippen molar-refractivity contribution in [3.8, 4) is 0 Å². The minimum absolute atomic E-state index is 0.423. The second kappa shape index (κ2) is 4.97. The van der Waals surface area contributed by atoms with Gasteiger partial charge in [-0.25, -0.2) is 4.79 Å². The first-order valence-electron chi connectivity index (χ1n) is 5.70. The van der Waals surface area contributed by atoms with E-state index in [2.05, 4.69) is 12.2 Å². The van der Waals surface area contributed by atoms with Gasteiger partial charge in [0.15, 0.2) is 0 Å². The molecule has 0 bridgehead atoms. The first-order valence-corrected chi connectivity index (χ1v) is 6.52. The summed E-state index contributed by atoms with van der Waals surface area (Å²) in [6.07, 6.45) is 4.01. The van der Waals surface area contributed by atoms with Crippen LogP contribution in [0, 0.1) is 5.92 Å². The predicted octanol–water partition coefficient (Wildman–Crippen LogP) is 2.72. The zero-order valence-corrected chi connectivity index (χ0v) is 10.2. The van der Waals surface area contributed by atoms with Gasteiger partial charge >= 0.3 is 5.97 Å². The van der Waals surface area contributed by atoms with E-state index in [-0.39, 0.29) is 0 Å². The van der Waals surface area contributed by atoms with Crippen molar-refractivity contribution < 1.29 is 9.90 Å². The molecular weight excluding hydrogens is 222 g/mol. The maximum atomic E-state index is 10.7. The Morgan fingerprint density at radius 3 is 2.94 bits per heavy atom. The van der Waals surface area contributed by atoms with E-state index < -0.39 is 5.97 Å². The van der Waals surface area contributed by atoms with Gasteiger partial charge < -0.3 is 10.4 Å². The maximum Gasteiger partial charge on any atom is 0.345 e. The van der Waals surface area contributed by atoms with E-state index in [4.69, 9.17) is 5.11 Å². The number of rotatable bonds is 6. The lowest BCUT2D eigenvalue weighted by Gasteiger charge is -2.11. The van der Waals surface area contributed by atoms with Gasteiger partial charge in [0.2, 0.25) is 0 Å². The smallest absolute Gasteiger partial charge is 0.345 e. The summed E-state index contributed by atoms with van der Waals surface area (Å²) in [7, 11) is 0. The Balaban J connectivity index is 1.76. The Hall–Kier alpha value is -0.870. The molecule has 1 heterocycles. The van der Waals surface area contributed by atoms with Crippen LogP contribution in [0.15, 0.2) is 12.1 Å². The lowest BCUT2D eigenvalue weighted by Crippen LogP contribution is -2.25. The van der Waals surface area contributed by atoms with Crippen LogP contribution in [0.1, 0.15) is 40.7 Å². The largest absolute Gasteiger partial charge is 0.477 e. The van der Waals surface area contributed by atoms with Gasteiger partial charge in [0.1, 0.15) is 4.88 Å². The highest BCUT2D eigenvalue weighted by molar-refractivity contribution is 7.13. The van der Waals surface area contributed by atoms with Crippen LogP contribution in [-0.2, 0) is 6.54 Å². The molecule has 1 aromatic heterocycles. The third-order valence-electron chi connectivity index (χ3n) is 2.88. The highest BCUT2D eigenvalue weighted by Gasteiger charge is 2.23. The Kier molecular flexibility index (Phi) is 3.61. The first-order chi connectivity index (χ1) is 7.65. The van der Waals surface area contributed by atoms with E-state index in [0.717, 1.165) is 17.3 Å². The third-order valence-corrected chi connectivity index (χ3v) is 3.95. The number of carboxylic acids is 1. The van der Waals surface area contributed by atoms with Crippen LogP contribution < -0.4 is 5.32 Å². The molecule has 88 valence electrons. The summed E-state index contributed by atoms with van der Waals surface area (Å²) in [5.41, 5.74) is 0. The molecule has 3 nitrogen and oxygen atoms in total. The van der Waals surface area contributed by atoms with Crippen molar-refractivity contribution in [3.05, 3.63) is 21.9 Å². The van der Waals surface area contributed by atoms with Crippen LogP contribution in [0.25, 0.3) is 0 Å². The van der Waals surface area contributed by atoms with Gasteiger partial charge in [-0.15, -0.1) is 11.3 Å². The number of aromatic carboxylic acids is 1. The van der Waals surface area contributed by atoms with E-state index in [9.17, 15) is 4.79 Å². The van der Waals surface area contributed by atoms with Crippen LogP contribution in [0.5, 0.6) is 0 Å². The monoisotopic (exact) mass is 239 g/mol. The van der Waals surface area contributed by atoms with Crippen LogP contribution in [0.2, 0.25) is 0 Å². The van der Waals surface area contributed by atoms with Crippen LogP contribution in [0.3, 0.4) is 0 Å². The van der Waals surface area contributed by atoms with Crippen molar-refractivity contribution in [2.45, 2.75) is 38.8 Å². The van der Waals surface area contributed by atoms with Gasteiger partial charge in [0.05, 0.1) is 0 Å². The van der Waals surface area contributed by atoms with Crippen molar-refractivity contribution in [1.82, 2.24) is 5.32 Å². The van der Waals surface area contributed by atoms with E-state index in [1.54, 1.807) is 6.07 Å². The normalized spacial score (nSPS) is 17.3. The number of hydrogen-bond acceptors (Lipinski definition) is 3. The summed E-state index contributed by atoms with van der Waals surface area (Å²) in [5, 5.41) is 12.2. The van der Waals surface area contributed by atoms with E-state index in [1.807, 2.05) is 6.07 Å². The van der Waals surface area contributed by atoms with Crippen LogP contribution >= 0.6 is 11.3 Å². The molecule has 0 radical (unpaired) electrons. The minimum Gasteiger partial charge on any atom is -0.477 e. The molecule has 0 spiro atoms. The van der Waals surface area contributed by atoms with Gasteiger partial charge in [-0.3, -0.25) is 0 Å². The third kappa shape index (κ3) is 3.32. The fourth-order valence-electron chi connectivity index (χ4n) is 1.80. The van der Waals surface area contributed by atoms with E-state index in [0.29, 0.717) is 10.9 Å². The van der Waals surface area contributed by atoms with Crippen LogP contribution in [-0.4, -0.2) is 17.1 Å². The van der Waals surface area contributed by atoms with Gasteiger partial charge in [-0.2, -0.15) is 0 Å². The van der Waals surface area contributed by atoms with Crippen LogP contribution in [0.4, 0.5) is 0 Å². The quantitative estimate of drug-likeness (QED) is 0.802. The molecule has 0 amide bonds. The summed E-state index contributed by atoms with van der Waals surface area (Å²) in [6.45, 7) is 2.98. The number of carbonyl (C=O) groups is 1. The predicted molar refractivity (Wildman–Crippen MR) is 64.9 cm³/mol. The second-order valence-electron chi connectivity index (χ2n) is 4.53. The number of nitrogens with one attached hydrogen (secondary N) is 1. The molecular formula is C12H17NO2S. The van der Waals surface area contributed by atoms with E-state index in [1.165, 1.54) is 30.6 Å². The zero-order chi connectivity index (χ0) is 11.5. The fraction of sp³-hybridized carbons (Fsp3) is 0.583. The minimum atomic E-state index is -0.831. The highest BCUT2D eigenvalue weighted by atomic mass is 32.1. The molecule has 1 aliphatic carbocycles. The molecule has 1 unspecified atom stereocenters. The van der Waals surface area contributed by atoms with Gasteiger partial charge in [-0.1, -0.05) is 12.8 Å². The summed E-state index contributed by atoms with van der Waals surface area (Å²) >= 11 is 1.36. The average molecular weight is 239 g/mol. The highest BCUT2D eigenvalue weighted by Crippen LogP contribution is 2.33. The Bertz CT molecular complexity index is 371. The summed E-state index contributed by atoms with van der Waals surface area (Å²) in [4.78, 5) is 12.2. The maximum absolute atomic E-state index is 10.7. The lowest BCUT2D eigenvalue weighted by molar-refractivity contribution is 0.0702. The van der Waals surface area contributed by atoms with Crippen molar-refractivity contribution in [2.75, 3.05) is 0 Å². The molecule has 2 rings (SSSR count). The van der Waals surface area contributed by atoms with Gasteiger partial charge in [-0.05, 0) is 31.4 Å². The standard InChI is InChI=1S/C12H17NO2S/c1-8(6-9-2-3-9)13-7-10-4-5-11(16-10)12(14)15/h4-5,8-9,13H,2-3,6-7H2,1H3,(H,14,15). The van der Waals surface area contributed by atoms with Crippen molar-refractivity contribution in [2.24, 2.45) is 5.92 Å². The SMILES string of the molecule is CC(CC1CC1)NCc1ccc(C(=O)O)s1. The summed E-state index contributed by atoms with van der Waals surface area (Å²) in [6, 6.07) is 4.10. The molecule has 4 heteroatoms. The first kappa shape index (κ1) is 11.6. The Labute approximate surface area is 99.5 Å². The lowest BCUT2D eigenvalue weighted by atomic mass is 10.1. The molecule has 2 N–H and O–H groups in total. The van der Waals surface area contributed by atoms with Gasteiger partial charge in [0.25, 0.3) is 0 Å². The summed E-state index contributed by atoms with van der Waals surface area (Å²) in [5.74, 6) is 0.0997. The number of hydrogen-bond donors (Lipinski definition) is 2.